The minimum absolute atomic E-state index is 0.0349. The number of carbonyl (C=O) groups excluding carboxylic acids is 2. The lowest BCUT2D eigenvalue weighted by molar-refractivity contribution is -0.222. The molecule has 1 N–H and O–H groups in total. The maximum atomic E-state index is 14.2. The lowest BCUT2D eigenvalue weighted by Crippen LogP contribution is -2.68. The van der Waals surface area contributed by atoms with Crippen molar-refractivity contribution in [2.24, 2.45) is 56.7 Å². The number of Topliss-reactive ketones (excluding diaryl/α,β-unsaturated/α-hetero) is 2. The smallest absolute Gasteiger partial charge is 0.309 e. The molecule has 0 aromatic carbocycles. The number of allylic oxidation sites excluding steroid dienone is 2. The van der Waals surface area contributed by atoms with E-state index < -0.39 is 11.4 Å². The van der Waals surface area contributed by atoms with Gasteiger partial charge in [0.05, 0.1) is 11.0 Å². The summed E-state index contributed by atoms with van der Waals surface area (Å²) < 4.78 is 0. The second-order valence-electron chi connectivity index (χ2n) is 14.3. The highest BCUT2D eigenvalue weighted by atomic mass is 16.4. The minimum Gasteiger partial charge on any atom is -0.481 e. The van der Waals surface area contributed by atoms with E-state index in [4.69, 9.17) is 0 Å². The van der Waals surface area contributed by atoms with Gasteiger partial charge in [-0.3, -0.25) is 14.4 Å². The van der Waals surface area contributed by atoms with E-state index in [0.717, 1.165) is 32.1 Å². The fourth-order valence-corrected chi connectivity index (χ4v) is 10.3. The van der Waals surface area contributed by atoms with Gasteiger partial charge in [0.25, 0.3) is 0 Å². The maximum absolute atomic E-state index is 14.2. The third-order valence-electron chi connectivity index (χ3n) is 12.5. The molecule has 0 saturated heterocycles. The van der Waals surface area contributed by atoms with Crippen LogP contribution in [0.4, 0.5) is 0 Å². The second kappa shape index (κ2) is 7.30. The van der Waals surface area contributed by atoms with Crippen LogP contribution in [-0.2, 0) is 14.4 Å². The van der Waals surface area contributed by atoms with Crippen molar-refractivity contribution in [3.8, 4) is 6.07 Å². The Morgan fingerprint density at radius 3 is 2.29 bits per heavy atom. The Hall–Kier alpha value is -1.96. The van der Waals surface area contributed by atoms with E-state index in [1.807, 2.05) is 13.0 Å². The van der Waals surface area contributed by atoms with Crippen LogP contribution in [0.25, 0.3) is 0 Å². The van der Waals surface area contributed by atoms with E-state index in [1.165, 1.54) is 0 Å². The fraction of sp³-hybridized carbons (Fsp3) is 0.800. The largest absolute Gasteiger partial charge is 0.481 e. The van der Waals surface area contributed by atoms with E-state index in [0.29, 0.717) is 19.3 Å². The zero-order valence-corrected chi connectivity index (χ0v) is 22.2. The molecule has 0 amide bonds. The molecule has 5 heteroatoms. The molecule has 0 aromatic heterocycles. The molecule has 0 bridgehead atoms. The number of carboxylic acid groups (broad SMARTS) is 1. The normalized spacial score (nSPS) is 50.5. The summed E-state index contributed by atoms with van der Waals surface area (Å²) in [6, 6.07) is 2.15. The Balaban J connectivity index is 1.64. The third kappa shape index (κ3) is 2.95. The molecular weight excluding hydrogens is 438 g/mol. The van der Waals surface area contributed by atoms with Gasteiger partial charge in [0.15, 0.2) is 5.78 Å². The zero-order chi connectivity index (χ0) is 25.8. The molecule has 0 spiro atoms. The van der Waals surface area contributed by atoms with Crippen molar-refractivity contribution in [1.29, 1.82) is 5.26 Å². The Morgan fingerprint density at radius 2 is 1.66 bits per heavy atom. The van der Waals surface area contributed by atoms with E-state index >= 15 is 0 Å². The van der Waals surface area contributed by atoms with Gasteiger partial charge in [0, 0.05) is 18.3 Å². The zero-order valence-electron chi connectivity index (χ0n) is 22.2. The summed E-state index contributed by atoms with van der Waals surface area (Å²) in [7, 11) is 0. The van der Waals surface area contributed by atoms with Crippen molar-refractivity contribution < 1.29 is 19.5 Å². The van der Waals surface area contributed by atoms with Crippen molar-refractivity contribution in [1.82, 2.24) is 0 Å². The predicted molar refractivity (Wildman–Crippen MR) is 132 cm³/mol. The van der Waals surface area contributed by atoms with Crippen molar-refractivity contribution in [3.05, 3.63) is 11.6 Å². The molecule has 5 aliphatic carbocycles. The molecule has 5 rings (SSSR count). The summed E-state index contributed by atoms with van der Waals surface area (Å²) in [6.07, 6.45) is 7.93. The number of aliphatic carboxylic acids is 1. The Labute approximate surface area is 209 Å². The topological polar surface area (TPSA) is 95.2 Å². The van der Waals surface area contributed by atoms with Crippen LogP contribution in [0.5, 0.6) is 0 Å². The molecule has 4 fully saturated rings. The number of carboxylic acids is 1. The number of ketones is 2. The van der Waals surface area contributed by atoms with Crippen LogP contribution >= 0.6 is 0 Å². The van der Waals surface area contributed by atoms with E-state index in [9.17, 15) is 24.8 Å². The molecule has 0 aromatic rings. The van der Waals surface area contributed by atoms with Gasteiger partial charge >= 0.3 is 5.97 Å². The van der Waals surface area contributed by atoms with Gasteiger partial charge in [-0.25, -0.2) is 0 Å². The van der Waals surface area contributed by atoms with E-state index in [-0.39, 0.29) is 68.4 Å². The van der Waals surface area contributed by atoms with Crippen LogP contribution in [0.3, 0.4) is 0 Å². The standard InChI is InChI=1S/C30H41NO4/c1-17-19-7-8-28(5)22(27(19,4)14-18(16-31)24(17)33)13-21(32)23-20-15-26(2,3)9-11-30(20,25(34)35)12-10-29(23,28)6/h14,17,19-20,22-23H,7-13,15H2,1-6H3,(H,34,35)/t17-,19?,20?,22?,23?,27-,28+,29+,30-/m0/s1. The summed E-state index contributed by atoms with van der Waals surface area (Å²) in [5, 5.41) is 20.2. The summed E-state index contributed by atoms with van der Waals surface area (Å²) >= 11 is 0. The Morgan fingerprint density at radius 1 is 1.00 bits per heavy atom. The molecule has 0 radical (unpaired) electrons. The SMILES string of the molecule is C[C@@H]1C(=O)C(C#N)=C[C@@]2(C)C1CC[C@]1(C)C2CC(=O)C2C3CC(C)(C)CC[C@]3(C(=O)O)CC[C@]21C. The van der Waals surface area contributed by atoms with Crippen LogP contribution < -0.4 is 0 Å². The molecule has 9 atom stereocenters. The quantitative estimate of drug-likeness (QED) is 0.499. The van der Waals surface area contributed by atoms with Crippen LogP contribution in [0, 0.1) is 68.0 Å². The number of nitrogens with zero attached hydrogens (tertiary/aromatic N) is 1. The van der Waals surface area contributed by atoms with Crippen LogP contribution in [0.1, 0.15) is 92.9 Å². The molecule has 5 aliphatic rings. The van der Waals surface area contributed by atoms with Gasteiger partial charge < -0.3 is 5.11 Å². The molecule has 190 valence electrons. The Kier molecular flexibility index (Phi) is 5.15. The van der Waals surface area contributed by atoms with E-state index in [2.05, 4.69) is 40.7 Å². The molecule has 4 unspecified atom stereocenters. The number of rotatable bonds is 1. The number of fused-ring (bicyclic) bond motifs is 7. The van der Waals surface area contributed by atoms with Gasteiger partial charge in [0.2, 0.25) is 0 Å². The van der Waals surface area contributed by atoms with Gasteiger partial charge in [-0.1, -0.05) is 47.6 Å². The molecular formula is C30H41NO4. The van der Waals surface area contributed by atoms with Gasteiger partial charge in [-0.05, 0) is 84.4 Å². The van der Waals surface area contributed by atoms with Crippen LogP contribution in [0.2, 0.25) is 0 Å². The van der Waals surface area contributed by atoms with Gasteiger partial charge in [-0.2, -0.15) is 5.26 Å². The monoisotopic (exact) mass is 479 g/mol. The van der Waals surface area contributed by atoms with E-state index in [1.54, 1.807) is 0 Å². The average Bonchev–Trinajstić information content (AvgIpc) is 2.77. The highest BCUT2D eigenvalue weighted by molar-refractivity contribution is 6.01. The minimum atomic E-state index is -0.792. The number of hydrogen-bond acceptors (Lipinski definition) is 4. The van der Waals surface area contributed by atoms with Crippen molar-refractivity contribution in [2.45, 2.75) is 92.9 Å². The fourth-order valence-electron chi connectivity index (χ4n) is 10.3. The molecule has 5 nitrogen and oxygen atoms in total. The first-order valence-electron chi connectivity index (χ1n) is 13.6. The maximum Gasteiger partial charge on any atom is 0.309 e. The van der Waals surface area contributed by atoms with Crippen LogP contribution in [-0.4, -0.2) is 22.6 Å². The molecule has 0 aliphatic heterocycles. The third-order valence-corrected chi connectivity index (χ3v) is 12.5. The first kappa shape index (κ1) is 24.7. The number of carbonyl (C=O) groups is 3. The lowest BCUT2D eigenvalue weighted by atomic mass is 9.32. The molecule has 4 saturated carbocycles. The predicted octanol–water partition coefficient (Wildman–Crippen LogP) is 5.98. The summed E-state index contributed by atoms with van der Waals surface area (Å²) in [5.74, 6) is -0.944. The second-order valence-corrected chi connectivity index (χ2v) is 14.3. The van der Waals surface area contributed by atoms with Crippen LogP contribution in [0.15, 0.2) is 11.6 Å². The highest BCUT2D eigenvalue weighted by Gasteiger charge is 2.72. The number of nitriles is 1. The van der Waals surface area contributed by atoms with Gasteiger partial charge in [-0.15, -0.1) is 0 Å². The van der Waals surface area contributed by atoms with Crippen molar-refractivity contribution in [3.63, 3.8) is 0 Å². The molecule has 35 heavy (non-hydrogen) atoms. The number of hydrogen-bond donors (Lipinski definition) is 1. The van der Waals surface area contributed by atoms with Crippen molar-refractivity contribution >= 4 is 17.5 Å². The van der Waals surface area contributed by atoms with Gasteiger partial charge in [0.1, 0.15) is 11.9 Å². The summed E-state index contributed by atoms with van der Waals surface area (Å²) in [6.45, 7) is 13.2. The first-order chi connectivity index (χ1) is 16.2. The molecule has 0 heterocycles. The Bertz CT molecular complexity index is 1080. The highest BCUT2D eigenvalue weighted by Crippen LogP contribution is 2.75. The van der Waals surface area contributed by atoms with Crippen molar-refractivity contribution in [2.75, 3.05) is 0 Å². The summed E-state index contributed by atoms with van der Waals surface area (Å²) in [5.41, 5.74) is -1.33. The lowest BCUT2D eigenvalue weighted by Gasteiger charge is -2.71. The summed E-state index contributed by atoms with van der Waals surface area (Å²) in [4.78, 5) is 39.8. The first-order valence-corrected chi connectivity index (χ1v) is 13.6. The average molecular weight is 480 g/mol.